The van der Waals surface area contributed by atoms with Crippen molar-refractivity contribution in [3.05, 3.63) is 95.1 Å². The van der Waals surface area contributed by atoms with Crippen LogP contribution < -0.4 is 20.7 Å². The van der Waals surface area contributed by atoms with Gasteiger partial charge in [0.15, 0.2) is 0 Å². The first kappa shape index (κ1) is 19.6. The van der Waals surface area contributed by atoms with Crippen molar-refractivity contribution in [2.24, 2.45) is 0 Å². The second-order valence-electron chi connectivity index (χ2n) is 4.81. The zero-order chi connectivity index (χ0) is 16.5. The van der Waals surface area contributed by atoms with Gasteiger partial charge in [0.05, 0.1) is 5.95 Å². The Balaban J connectivity index is 0.000000304. The molecule has 0 radical (unpaired) electrons. The molecule has 0 saturated heterocycles. The summed E-state index contributed by atoms with van der Waals surface area (Å²) in [5, 5.41) is 23.0. The van der Waals surface area contributed by atoms with Gasteiger partial charge in [-0.05, 0) is 28.2 Å². The van der Waals surface area contributed by atoms with Gasteiger partial charge in [-0.15, -0.1) is 6.26 Å². The topological polar surface area (TPSA) is 55.3 Å². The van der Waals surface area contributed by atoms with E-state index < -0.39 is 0 Å². The maximum atomic E-state index is 11.4. The summed E-state index contributed by atoms with van der Waals surface area (Å²) in [6, 6.07) is 7.45. The Labute approximate surface area is 152 Å². The van der Waals surface area contributed by atoms with Crippen LogP contribution in [-0.4, -0.2) is 6.61 Å². The molecule has 3 rings (SSSR count). The van der Waals surface area contributed by atoms with Gasteiger partial charge in [0.25, 0.3) is 0 Å². The van der Waals surface area contributed by atoms with Gasteiger partial charge in [0, 0.05) is 0 Å². The predicted molar refractivity (Wildman–Crippen MR) is 88.8 cm³/mol. The fourth-order valence-corrected chi connectivity index (χ4v) is 2.05. The number of ether oxygens (including phenoxy) is 1. The number of hydrogen-bond donors (Lipinski definition) is 0. The van der Waals surface area contributed by atoms with Gasteiger partial charge in [-0.25, -0.2) is 0 Å². The molecule has 0 aromatic heterocycles. The van der Waals surface area contributed by atoms with Crippen molar-refractivity contribution in [1.29, 1.82) is 0 Å². The van der Waals surface area contributed by atoms with Crippen molar-refractivity contribution in [2.45, 2.75) is 6.92 Å². The molecule has 3 nitrogen and oxygen atoms in total. The van der Waals surface area contributed by atoms with Crippen molar-refractivity contribution in [1.82, 2.24) is 0 Å². The van der Waals surface area contributed by atoms with E-state index in [0.29, 0.717) is 11.8 Å². The Kier molecular flexibility index (Phi) is 8.48. The first-order chi connectivity index (χ1) is 11.2. The van der Waals surface area contributed by atoms with E-state index in [1.54, 1.807) is 31.2 Å². The molecule has 0 aliphatic heterocycles. The molecule has 2 aliphatic carbocycles. The van der Waals surface area contributed by atoms with Crippen LogP contribution in [0, 0.1) is 0 Å². The average Bonchev–Trinajstić information content (AvgIpc) is 3.29. The van der Waals surface area contributed by atoms with Gasteiger partial charge in [-0.2, -0.15) is 0 Å². The van der Waals surface area contributed by atoms with Crippen LogP contribution in [0.25, 0.3) is 11.5 Å². The molecule has 4 heteroatoms. The van der Waals surface area contributed by atoms with Crippen LogP contribution in [0.3, 0.4) is 0 Å². The molecule has 0 heterocycles. The Morgan fingerprint density at radius 2 is 1.50 bits per heavy atom. The minimum absolute atomic E-state index is 0. The van der Waals surface area contributed by atoms with E-state index in [2.05, 4.69) is 0 Å². The summed E-state index contributed by atoms with van der Waals surface area (Å²) >= 11 is 0. The van der Waals surface area contributed by atoms with E-state index in [1.807, 2.05) is 48.6 Å². The van der Waals surface area contributed by atoms with Crippen molar-refractivity contribution in [3.63, 3.8) is 0 Å². The van der Waals surface area contributed by atoms with Crippen LogP contribution in [0.4, 0.5) is 0 Å². The number of benzene rings is 1. The van der Waals surface area contributed by atoms with Crippen LogP contribution >= 0.6 is 0 Å². The van der Waals surface area contributed by atoms with Crippen LogP contribution in [0.5, 0.6) is 0 Å². The van der Waals surface area contributed by atoms with E-state index in [9.17, 15) is 10.2 Å². The summed E-state index contributed by atoms with van der Waals surface area (Å²) in [7, 11) is 0. The van der Waals surface area contributed by atoms with Crippen LogP contribution in [-0.2, 0) is 21.8 Å². The monoisotopic (exact) mass is 362 g/mol. The molecule has 0 amide bonds. The summed E-state index contributed by atoms with van der Waals surface area (Å²) in [6.07, 6.45) is 16.1. The molecule has 2 aliphatic rings. The van der Waals surface area contributed by atoms with Gasteiger partial charge < -0.3 is 14.9 Å². The molecule has 124 valence electrons. The third-order valence-electron chi connectivity index (χ3n) is 3.22. The zero-order valence-electron chi connectivity index (χ0n) is 13.3. The smallest absolute Gasteiger partial charge is 0.877 e. The summed E-state index contributed by atoms with van der Waals surface area (Å²) in [4.78, 5) is 0. The Hall–Kier alpha value is -2.42. The Morgan fingerprint density at radius 1 is 0.958 bits per heavy atom. The van der Waals surface area contributed by atoms with E-state index in [0.717, 1.165) is 22.6 Å². The van der Waals surface area contributed by atoms with Gasteiger partial charge in [0.2, 0.25) is 0 Å². The Morgan fingerprint density at radius 3 is 1.96 bits per heavy atom. The molecular formula is C20H18FeO3. The number of hydrogen-bond acceptors (Lipinski definition) is 3. The summed E-state index contributed by atoms with van der Waals surface area (Å²) < 4.78 is 4.92. The summed E-state index contributed by atoms with van der Waals surface area (Å²) in [5.41, 5.74) is 1.91. The van der Waals surface area contributed by atoms with E-state index >= 15 is 0 Å². The van der Waals surface area contributed by atoms with Crippen molar-refractivity contribution >= 4 is 11.5 Å². The predicted octanol–water partition coefficient (Wildman–Crippen LogP) is 0.780. The number of rotatable bonds is 2. The van der Waals surface area contributed by atoms with Crippen LogP contribution in [0.1, 0.15) is 6.92 Å². The molecule has 0 atom stereocenters. The van der Waals surface area contributed by atoms with Gasteiger partial charge in [0.1, 0.15) is 0 Å². The number of allylic oxidation sites excluding steroid dienone is 9. The maximum Gasteiger partial charge on any atom is 2.00 e. The molecular weight excluding hydrogens is 344 g/mol. The van der Waals surface area contributed by atoms with Crippen LogP contribution in [0.2, 0.25) is 0 Å². The molecule has 1 aromatic carbocycles. The van der Waals surface area contributed by atoms with E-state index in [4.69, 9.17) is 4.74 Å². The van der Waals surface area contributed by atoms with Crippen molar-refractivity contribution < 1.29 is 32.0 Å². The molecule has 1 aromatic rings. The first-order valence-electron chi connectivity index (χ1n) is 7.40. The second-order valence-corrected chi connectivity index (χ2v) is 4.81. The minimum Gasteiger partial charge on any atom is -0.877 e. The van der Waals surface area contributed by atoms with Gasteiger partial charge in [-0.1, -0.05) is 79.8 Å². The molecule has 0 spiro atoms. The molecule has 0 fully saturated rings. The standard InChI is InChI=1S/C14H14O2.C6H6O.Fe/c1-2-16-14(15)13-9-7-12(8-10-13)11-5-3-4-6-11;7-5-6-3-1-2-4-6;/h3-10,15H,2H2,1H3;1-5,7H;/q;;+2/p-2. The molecule has 0 saturated carbocycles. The summed E-state index contributed by atoms with van der Waals surface area (Å²) in [5.74, 6) is -0.267. The van der Waals surface area contributed by atoms with Crippen molar-refractivity contribution in [3.8, 4) is 0 Å². The fourth-order valence-electron chi connectivity index (χ4n) is 2.05. The summed E-state index contributed by atoms with van der Waals surface area (Å²) in [6.45, 7) is 2.21. The van der Waals surface area contributed by atoms with E-state index in [1.165, 1.54) is 0 Å². The minimum atomic E-state index is -0.267. The average molecular weight is 362 g/mol. The van der Waals surface area contributed by atoms with Crippen molar-refractivity contribution in [2.75, 3.05) is 6.61 Å². The largest absolute Gasteiger partial charge is 2.00 e. The third kappa shape index (κ3) is 5.65. The maximum absolute atomic E-state index is 11.4. The van der Waals surface area contributed by atoms with Gasteiger partial charge >= 0.3 is 17.1 Å². The first-order valence-corrected chi connectivity index (χ1v) is 7.40. The molecule has 0 N–H and O–H groups in total. The quantitative estimate of drug-likeness (QED) is 0.577. The SMILES string of the molecule is CCOC([O-])=c1ccc(=C2C=CC=C2)cc1.[Fe+2].[O-]C=C1C=CC=C1. The molecule has 24 heavy (non-hydrogen) atoms. The second kappa shape index (κ2) is 10.4. The van der Waals surface area contributed by atoms with Gasteiger partial charge in [-0.3, -0.25) is 0 Å². The molecule has 0 bridgehead atoms. The zero-order valence-corrected chi connectivity index (χ0v) is 14.4. The Bertz CT molecular complexity index is 760. The van der Waals surface area contributed by atoms with Crippen LogP contribution in [0.15, 0.2) is 84.7 Å². The normalized spacial score (nSPS) is 13.4. The van der Waals surface area contributed by atoms with E-state index in [-0.39, 0.29) is 23.0 Å². The third-order valence-corrected chi connectivity index (χ3v) is 3.22. The fraction of sp³-hybridized carbons (Fsp3) is 0.100. The molecule has 0 unspecified atom stereocenters.